The van der Waals surface area contributed by atoms with Crippen molar-refractivity contribution in [3.8, 4) is 0 Å². The van der Waals surface area contributed by atoms with E-state index in [9.17, 15) is 8.42 Å². The van der Waals surface area contributed by atoms with E-state index in [-0.39, 0.29) is 11.8 Å². The van der Waals surface area contributed by atoms with E-state index in [2.05, 4.69) is 6.92 Å². The summed E-state index contributed by atoms with van der Waals surface area (Å²) in [6.45, 7) is 5.91. The van der Waals surface area contributed by atoms with Gasteiger partial charge in [-0.1, -0.05) is 20.3 Å². The van der Waals surface area contributed by atoms with Crippen LogP contribution in [0, 0.1) is 0 Å². The third-order valence-electron chi connectivity index (χ3n) is 2.23. The van der Waals surface area contributed by atoms with Crippen LogP contribution in [-0.2, 0) is 10.0 Å². The molecule has 0 saturated heterocycles. The maximum atomic E-state index is 11.6. The van der Waals surface area contributed by atoms with Crippen molar-refractivity contribution in [1.29, 1.82) is 0 Å². The van der Waals surface area contributed by atoms with Crippen molar-refractivity contribution < 1.29 is 8.42 Å². The lowest BCUT2D eigenvalue weighted by Gasteiger charge is -2.23. The highest BCUT2D eigenvalue weighted by Gasteiger charge is 2.21. The molecule has 0 aliphatic carbocycles. The molecule has 0 spiro atoms. The first-order chi connectivity index (χ1) is 5.95. The molecule has 0 aliphatic heterocycles. The van der Waals surface area contributed by atoms with Crippen molar-refractivity contribution in [2.75, 3.05) is 12.8 Å². The summed E-state index contributed by atoms with van der Waals surface area (Å²) < 4.78 is 24.6. The summed E-state index contributed by atoms with van der Waals surface area (Å²) in [5, 5.41) is 0. The molecule has 0 N–H and O–H groups in total. The van der Waals surface area contributed by atoms with E-state index >= 15 is 0 Å². The molecule has 0 radical (unpaired) electrons. The fraction of sp³-hybridized carbons (Fsp3) is 1.00. The Morgan fingerprint density at radius 3 is 2.15 bits per heavy atom. The molecule has 3 nitrogen and oxygen atoms in total. The molecule has 0 aromatic carbocycles. The molecule has 0 aliphatic rings. The number of hydrogen-bond donors (Lipinski definition) is 0. The van der Waals surface area contributed by atoms with Crippen molar-refractivity contribution in [3.05, 3.63) is 0 Å². The summed E-state index contributed by atoms with van der Waals surface area (Å²) in [6, 6.07) is 0.126. The van der Waals surface area contributed by atoms with E-state index in [4.69, 9.17) is 0 Å². The van der Waals surface area contributed by atoms with E-state index in [1.165, 1.54) is 4.31 Å². The molecule has 1 unspecified atom stereocenters. The van der Waals surface area contributed by atoms with Crippen LogP contribution in [-0.4, -0.2) is 31.6 Å². The van der Waals surface area contributed by atoms with Crippen LogP contribution in [0.1, 0.15) is 40.0 Å². The van der Waals surface area contributed by atoms with Crippen molar-refractivity contribution in [2.24, 2.45) is 0 Å². The molecule has 0 amide bonds. The van der Waals surface area contributed by atoms with E-state index < -0.39 is 10.0 Å². The predicted octanol–water partition coefficient (Wildman–Crippen LogP) is 1.85. The smallest absolute Gasteiger partial charge is 0.212 e. The van der Waals surface area contributed by atoms with Crippen LogP contribution >= 0.6 is 0 Å². The van der Waals surface area contributed by atoms with Gasteiger partial charge in [-0.05, 0) is 19.8 Å². The molecule has 1 atom stereocenters. The van der Waals surface area contributed by atoms with Gasteiger partial charge in [0.2, 0.25) is 10.0 Å². The summed E-state index contributed by atoms with van der Waals surface area (Å²) in [6.07, 6.45) is 2.64. The topological polar surface area (TPSA) is 37.4 Å². The van der Waals surface area contributed by atoms with Gasteiger partial charge in [0.25, 0.3) is 0 Å². The van der Waals surface area contributed by atoms with E-state index in [1.54, 1.807) is 7.05 Å². The molecular formula is C9H21NO2S. The van der Waals surface area contributed by atoms with Gasteiger partial charge < -0.3 is 0 Å². The zero-order valence-electron chi connectivity index (χ0n) is 9.08. The van der Waals surface area contributed by atoms with E-state index in [1.807, 2.05) is 13.8 Å². The number of sulfonamides is 1. The molecule has 4 heteroatoms. The molecule has 0 rings (SSSR count). The maximum absolute atomic E-state index is 11.6. The Bertz CT molecular complexity index is 224. The minimum Gasteiger partial charge on any atom is -0.212 e. The number of hydrogen-bond acceptors (Lipinski definition) is 2. The maximum Gasteiger partial charge on any atom is 0.214 e. The van der Waals surface area contributed by atoms with Gasteiger partial charge in [-0.3, -0.25) is 0 Å². The summed E-state index contributed by atoms with van der Waals surface area (Å²) in [5.41, 5.74) is 0. The Balaban J connectivity index is 4.31. The summed E-state index contributed by atoms with van der Waals surface area (Å²) in [5.74, 6) is 0.261. The van der Waals surface area contributed by atoms with Crippen LogP contribution in [0.5, 0.6) is 0 Å². The van der Waals surface area contributed by atoms with Crippen LogP contribution in [0.25, 0.3) is 0 Å². The lowest BCUT2D eigenvalue weighted by atomic mass is 10.2. The van der Waals surface area contributed by atoms with Gasteiger partial charge in [0, 0.05) is 13.1 Å². The van der Waals surface area contributed by atoms with Crippen molar-refractivity contribution in [2.45, 2.75) is 46.1 Å². The van der Waals surface area contributed by atoms with Gasteiger partial charge in [-0.25, -0.2) is 12.7 Å². The first-order valence-corrected chi connectivity index (χ1v) is 6.52. The lowest BCUT2D eigenvalue weighted by Crippen LogP contribution is -2.36. The first-order valence-electron chi connectivity index (χ1n) is 4.91. The van der Waals surface area contributed by atoms with E-state index in [0.29, 0.717) is 6.42 Å². The Morgan fingerprint density at radius 2 is 1.77 bits per heavy atom. The highest BCUT2D eigenvalue weighted by atomic mass is 32.2. The van der Waals surface area contributed by atoms with Gasteiger partial charge in [-0.15, -0.1) is 0 Å². The molecule has 0 aromatic heterocycles. The second-order valence-electron chi connectivity index (χ2n) is 3.47. The minimum atomic E-state index is -3.00. The van der Waals surface area contributed by atoms with Crippen molar-refractivity contribution >= 4 is 10.0 Å². The van der Waals surface area contributed by atoms with Crippen LogP contribution < -0.4 is 0 Å². The average Bonchev–Trinajstić information content (AvgIpc) is 2.03. The zero-order chi connectivity index (χ0) is 10.5. The van der Waals surface area contributed by atoms with Crippen LogP contribution in [0.2, 0.25) is 0 Å². The second-order valence-corrected chi connectivity index (χ2v) is 5.62. The fourth-order valence-electron chi connectivity index (χ4n) is 1.28. The lowest BCUT2D eigenvalue weighted by molar-refractivity contribution is 0.368. The Hall–Kier alpha value is -0.0900. The minimum absolute atomic E-state index is 0.126. The van der Waals surface area contributed by atoms with Crippen LogP contribution in [0.3, 0.4) is 0 Å². The Labute approximate surface area is 82.2 Å². The predicted molar refractivity (Wildman–Crippen MR) is 56.2 cm³/mol. The quantitative estimate of drug-likeness (QED) is 0.666. The highest BCUT2D eigenvalue weighted by Crippen LogP contribution is 2.10. The van der Waals surface area contributed by atoms with Gasteiger partial charge >= 0.3 is 0 Å². The number of rotatable bonds is 6. The largest absolute Gasteiger partial charge is 0.214 e. The van der Waals surface area contributed by atoms with Crippen LogP contribution in [0.4, 0.5) is 0 Å². The molecule has 13 heavy (non-hydrogen) atoms. The summed E-state index contributed by atoms with van der Waals surface area (Å²) >= 11 is 0. The van der Waals surface area contributed by atoms with Gasteiger partial charge in [0.05, 0.1) is 5.75 Å². The second kappa shape index (κ2) is 5.60. The summed E-state index contributed by atoms with van der Waals surface area (Å²) in [4.78, 5) is 0. The monoisotopic (exact) mass is 207 g/mol. The highest BCUT2D eigenvalue weighted by molar-refractivity contribution is 7.89. The zero-order valence-corrected chi connectivity index (χ0v) is 9.89. The third-order valence-corrected chi connectivity index (χ3v) is 4.39. The Kier molecular flexibility index (Phi) is 5.56. The molecule has 0 bridgehead atoms. The summed E-state index contributed by atoms with van der Waals surface area (Å²) in [7, 11) is -1.33. The van der Waals surface area contributed by atoms with E-state index in [0.717, 1.165) is 12.8 Å². The molecular weight excluding hydrogens is 186 g/mol. The molecule has 0 saturated carbocycles. The third kappa shape index (κ3) is 4.09. The molecule has 0 aromatic rings. The van der Waals surface area contributed by atoms with Crippen molar-refractivity contribution in [1.82, 2.24) is 4.31 Å². The first kappa shape index (κ1) is 12.9. The van der Waals surface area contributed by atoms with Crippen molar-refractivity contribution in [3.63, 3.8) is 0 Å². The Morgan fingerprint density at radius 1 is 1.23 bits per heavy atom. The SMILES string of the molecule is CCCC(C)N(C)S(=O)(=O)CCC. The molecule has 80 valence electrons. The fourth-order valence-corrected chi connectivity index (χ4v) is 2.73. The molecule has 0 heterocycles. The normalized spacial score (nSPS) is 14.8. The van der Waals surface area contributed by atoms with Gasteiger partial charge in [0.15, 0.2) is 0 Å². The van der Waals surface area contributed by atoms with Crippen LogP contribution in [0.15, 0.2) is 0 Å². The standard InChI is InChI=1S/C9H21NO2S/c1-5-7-9(3)10(4)13(11,12)8-6-2/h9H,5-8H2,1-4H3. The molecule has 0 fully saturated rings. The van der Waals surface area contributed by atoms with Gasteiger partial charge in [0.1, 0.15) is 0 Å². The average molecular weight is 207 g/mol. The van der Waals surface area contributed by atoms with Gasteiger partial charge in [-0.2, -0.15) is 0 Å². The number of nitrogens with zero attached hydrogens (tertiary/aromatic N) is 1.